The summed E-state index contributed by atoms with van der Waals surface area (Å²) >= 11 is 0. The Bertz CT molecular complexity index is 3990. The number of nitrogens with zero attached hydrogens (tertiary/aromatic N) is 5. The first-order valence-electron chi connectivity index (χ1n) is 22.1. The summed E-state index contributed by atoms with van der Waals surface area (Å²) in [4.78, 5) is 10.4. The van der Waals surface area contributed by atoms with Crippen molar-refractivity contribution >= 4 is 87.2 Å². The van der Waals surface area contributed by atoms with E-state index in [1.54, 1.807) is 0 Å². The molecule has 5 aromatic heterocycles. The van der Waals surface area contributed by atoms with Crippen molar-refractivity contribution < 1.29 is 0 Å². The lowest BCUT2D eigenvalue weighted by Gasteiger charge is -2.10. The maximum Gasteiger partial charge on any atom is 0.138 e. The third-order valence-electron chi connectivity index (χ3n) is 13.4. The summed E-state index contributed by atoms with van der Waals surface area (Å²) in [6, 6.07) is 79.1. The Kier molecular flexibility index (Phi) is 7.62. The molecule has 0 amide bonds. The van der Waals surface area contributed by atoms with E-state index >= 15 is 0 Å². The van der Waals surface area contributed by atoms with Gasteiger partial charge < -0.3 is 9.13 Å². The number of aromatic nitrogens is 5. The first-order valence-corrected chi connectivity index (χ1v) is 22.1. The van der Waals surface area contributed by atoms with Gasteiger partial charge in [0.25, 0.3) is 0 Å². The molecule has 0 aliphatic heterocycles. The lowest BCUT2D eigenvalue weighted by molar-refractivity contribution is 1.10. The van der Waals surface area contributed by atoms with Crippen molar-refractivity contribution in [2.45, 2.75) is 0 Å². The molecule has 5 heterocycles. The van der Waals surface area contributed by atoms with Crippen LogP contribution in [0.15, 0.2) is 225 Å². The van der Waals surface area contributed by atoms with Crippen molar-refractivity contribution in [3.05, 3.63) is 225 Å². The number of para-hydroxylation sites is 2. The fraction of sp³-hybridized carbons (Fsp3) is 0. The highest BCUT2D eigenvalue weighted by Crippen LogP contribution is 2.44. The van der Waals surface area contributed by atoms with Crippen LogP contribution in [0.2, 0.25) is 0 Å². The number of rotatable bonds is 5. The molecule has 0 saturated carbocycles. The minimum Gasteiger partial charge on any atom is -0.309 e. The molecule has 0 spiro atoms. The minimum atomic E-state index is 0.850. The summed E-state index contributed by atoms with van der Waals surface area (Å²) in [6.07, 6.45) is 1.86. The molecule has 14 aromatic rings. The Labute approximate surface area is 373 Å². The number of hydrogen-bond donors (Lipinski definition) is 0. The SMILES string of the molecule is c1ccc(-c2ccc3c(c2)c2cc4c(cc2n3-c2ccccc2)c2cc3c(cc2n4-c2ccc4ccc5cccnc5c4n2)c2cc(-c4ccccc4)ccc2n3-c2ccccc2)cc1. The third-order valence-corrected chi connectivity index (χ3v) is 13.4. The summed E-state index contributed by atoms with van der Waals surface area (Å²) in [7, 11) is 0. The van der Waals surface area contributed by atoms with E-state index in [2.05, 4.69) is 226 Å². The highest BCUT2D eigenvalue weighted by molar-refractivity contribution is 6.23. The minimum absolute atomic E-state index is 0.850. The second-order valence-corrected chi connectivity index (χ2v) is 17.0. The van der Waals surface area contributed by atoms with E-state index in [0.29, 0.717) is 0 Å². The highest BCUT2D eigenvalue weighted by Gasteiger charge is 2.23. The maximum absolute atomic E-state index is 5.53. The molecule has 5 heteroatoms. The Morgan fingerprint density at radius 1 is 0.277 bits per heavy atom. The van der Waals surface area contributed by atoms with E-state index in [1.807, 2.05) is 12.3 Å². The zero-order valence-electron chi connectivity index (χ0n) is 35.1. The van der Waals surface area contributed by atoms with Crippen molar-refractivity contribution in [2.24, 2.45) is 0 Å². The Hall–Kier alpha value is -8.80. The molecule has 302 valence electrons. The van der Waals surface area contributed by atoms with Crippen molar-refractivity contribution in [3.8, 4) is 39.4 Å². The molecular weight excluding hydrogens is 791 g/mol. The van der Waals surface area contributed by atoms with Gasteiger partial charge in [-0.25, -0.2) is 4.98 Å². The number of hydrogen-bond acceptors (Lipinski definition) is 2. The van der Waals surface area contributed by atoms with Gasteiger partial charge in [0.15, 0.2) is 0 Å². The summed E-state index contributed by atoms with van der Waals surface area (Å²) in [5, 5.41) is 9.21. The monoisotopic (exact) mass is 827 g/mol. The van der Waals surface area contributed by atoms with Crippen LogP contribution in [0.5, 0.6) is 0 Å². The normalized spacial score (nSPS) is 12.0. The third kappa shape index (κ3) is 5.39. The van der Waals surface area contributed by atoms with Gasteiger partial charge in [0.2, 0.25) is 0 Å². The van der Waals surface area contributed by atoms with Crippen molar-refractivity contribution in [2.75, 3.05) is 0 Å². The van der Waals surface area contributed by atoms with Gasteiger partial charge in [0.05, 0.1) is 44.1 Å². The predicted octanol–water partition coefficient (Wildman–Crippen LogP) is 15.4. The molecule has 0 aliphatic rings. The van der Waals surface area contributed by atoms with E-state index in [-0.39, 0.29) is 0 Å². The van der Waals surface area contributed by atoms with Crippen molar-refractivity contribution in [1.29, 1.82) is 0 Å². The summed E-state index contributed by atoms with van der Waals surface area (Å²) in [5.41, 5.74) is 15.6. The number of pyridine rings is 2. The van der Waals surface area contributed by atoms with Gasteiger partial charge in [0.1, 0.15) is 5.82 Å². The standard InChI is InChI=1S/C60H37N5/c1-5-14-38(15-6-1)42-25-28-52-46(32-42)48-36-56-50(34-54(48)63(52)44-19-9-3-10-20-44)51-35-55-49(37-57(51)65(56)58-30-27-41-24-23-40-18-13-31-61-59(40)60(41)62-58)47-33-43(39-16-7-2-8-17-39)26-29-53(47)64(55)45-21-11-4-12-22-45/h1-37H. The van der Waals surface area contributed by atoms with E-state index in [1.165, 1.54) is 43.8 Å². The van der Waals surface area contributed by atoms with Crippen molar-refractivity contribution in [3.63, 3.8) is 0 Å². The predicted molar refractivity (Wildman–Crippen MR) is 271 cm³/mol. The Balaban J connectivity index is 1.15. The van der Waals surface area contributed by atoms with E-state index in [0.717, 1.165) is 82.9 Å². The van der Waals surface area contributed by atoms with Gasteiger partial charge in [-0.15, -0.1) is 0 Å². The van der Waals surface area contributed by atoms with E-state index < -0.39 is 0 Å². The van der Waals surface area contributed by atoms with E-state index in [4.69, 9.17) is 9.97 Å². The largest absolute Gasteiger partial charge is 0.309 e. The van der Waals surface area contributed by atoms with Gasteiger partial charge in [-0.2, -0.15) is 0 Å². The average Bonchev–Trinajstić information content (AvgIpc) is 3.99. The molecule has 0 aliphatic carbocycles. The molecule has 0 radical (unpaired) electrons. The zero-order valence-corrected chi connectivity index (χ0v) is 35.1. The molecule has 14 rings (SSSR count). The fourth-order valence-electron chi connectivity index (χ4n) is 10.5. The highest BCUT2D eigenvalue weighted by atomic mass is 15.1. The Morgan fingerprint density at radius 2 is 0.692 bits per heavy atom. The lowest BCUT2D eigenvalue weighted by atomic mass is 10.0. The van der Waals surface area contributed by atoms with Crippen molar-refractivity contribution in [1.82, 2.24) is 23.7 Å². The molecular formula is C60H37N5. The van der Waals surface area contributed by atoms with Crippen LogP contribution >= 0.6 is 0 Å². The average molecular weight is 828 g/mol. The van der Waals surface area contributed by atoms with Gasteiger partial charge in [-0.1, -0.05) is 127 Å². The second-order valence-electron chi connectivity index (χ2n) is 17.0. The molecule has 9 aromatic carbocycles. The summed E-state index contributed by atoms with van der Waals surface area (Å²) in [5.74, 6) is 0.850. The first kappa shape index (κ1) is 35.8. The van der Waals surface area contributed by atoms with Crippen LogP contribution in [0.1, 0.15) is 0 Å². The van der Waals surface area contributed by atoms with Crippen LogP contribution in [0.25, 0.3) is 127 Å². The molecule has 0 unspecified atom stereocenters. The molecule has 0 atom stereocenters. The van der Waals surface area contributed by atoms with E-state index in [9.17, 15) is 0 Å². The molecule has 65 heavy (non-hydrogen) atoms. The maximum atomic E-state index is 5.53. The first-order chi connectivity index (χ1) is 32.2. The molecule has 0 fully saturated rings. The van der Waals surface area contributed by atoms with Crippen LogP contribution in [0.3, 0.4) is 0 Å². The molecule has 0 saturated heterocycles. The zero-order chi connectivity index (χ0) is 42.6. The summed E-state index contributed by atoms with van der Waals surface area (Å²) in [6.45, 7) is 0. The Morgan fingerprint density at radius 3 is 1.18 bits per heavy atom. The smallest absolute Gasteiger partial charge is 0.138 e. The lowest BCUT2D eigenvalue weighted by Crippen LogP contribution is -1.98. The van der Waals surface area contributed by atoms with Gasteiger partial charge in [-0.3, -0.25) is 9.55 Å². The summed E-state index contributed by atoms with van der Waals surface area (Å²) < 4.78 is 7.25. The second kappa shape index (κ2) is 13.9. The van der Waals surface area contributed by atoms with Gasteiger partial charge in [-0.05, 0) is 113 Å². The van der Waals surface area contributed by atoms with Crippen LogP contribution in [0, 0.1) is 0 Å². The molecule has 5 nitrogen and oxygen atoms in total. The number of benzene rings is 9. The van der Waals surface area contributed by atoms with Crippen LogP contribution < -0.4 is 0 Å². The van der Waals surface area contributed by atoms with Crippen LogP contribution in [-0.4, -0.2) is 23.7 Å². The topological polar surface area (TPSA) is 40.6 Å². The fourth-order valence-corrected chi connectivity index (χ4v) is 10.5. The van der Waals surface area contributed by atoms with Gasteiger partial charge >= 0.3 is 0 Å². The quantitative estimate of drug-likeness (QED) is 0.162. The van der Waals surface area contributed by atoms with Gasteiger partial charge in [0, 0.05) is 60.7 Å². The van der Waals surface area contributed by atoms with Crippen LogP contribution in [-0.2, 0) is 0 Å². The molecule has 0 bridgehead atoms. The van der Waals surface area contributed by atoms with Crippen LogP contribution in [0.4, 0.5) is 0 Å². The number of fused-ring (bicyclic) bond motifs is 12. The molecule has 0 N–H and O–H groups in total.